The monoisotopic (exact) mass is 491 g/mol. The molecular formula is C23H27F2N5O5. The van der Waals surface area contributed by atoms with Crippen molar-refractivity contribution in [3.63, 3.8) is 0 Å². The number of nitrogens with zero attached hydrogens (tertiary/aromatic N) is 3. The molecule has 0 radical (unpaired) electrons. The number of amides is 5. The molecule has 3 saturated heterocycles. The van der Waals surface area contributed by atoms with Crippen LogP contribution in [-0.2, 0) is 14.3 Å². The Morgan fingerprint density at radius 2 is 1.74 bits per heavy atom. The number of nitrogens with one attached hydrogen (secondary N) is 2. The second kappa shape index (κ2) is 8.97. The number of alkyl carbamates (subject to hydrolysis) is 1. The molecule has 4 fully saturated rings. The fourth-order valence-electron chi connectivity index (χ4n) is 4.70. The number of likely N-dealkylation sites (tertiary alicyclic amines) is 1. The van der Waals surface area contributed by atoms with Gasteiger partial charge in [-0.3, -0.25) is 14.9 Å². The first-order chi connectivity index (χ1) is 16.7. The fourth-order valence-corrected chi connectivity index (χ4v) is 4.70. The molecular weight excluding hydrogens is 464 g/mol. The third kappa shape index (κ3) is 4.73. The molecule has 2 N–H and O–H groups in total. The van der Waals surface area contributed by atoms with Crippen LogP contribution in [0.2, 0.25) is 0 Å². The number of rotatable bonds is 5. The Balaban J connectivity index is 1.08. The van der Waals surface area contributed by atoms with Gasteiger partial charge in [0.05, 0.1) is 25.0 Å². The quantitative estimate of drug-likeness (QED) is 0.601. The van der Waals surface area contributed by atoms with Gasteiger partial charge < -0.3 is 24.8 Å². The summed E-state index contributed by atoms with van der Waals surface area (Å²) in [6, 6.07) is 2.35. The zero-order chi connectivity index (χ0) is 24.9. The third-order valence-electron chi connectivity index (χ3n) is 7.01. The van der Waals surface area contributed by atoms with Crippen LogP contribution >= 0.6 is 0 Å². The fraction of sp³-hybridized carbons (Fsp3) is 0.565. The van der Waals surface area contributed by atoms with E-state index >= 15 is 0 Å². The first-order valence-electron chi connectivity index (χ1n) is 11.8. The Morgan fingerprint density at radius 3 is 2.34 bits per heavy atom. The number of halogens is 2. The van der Waals surface area contributed by atoms with Crippen molar-refractivity contribution < 1.29 is 32.7 Å². The number of hydrogen-bond donors (Lipinski definition) is 2. The van der Waals surface area contributed by atoms with Crippen LogP contribution in [0, 0.1) is 11.6 Å². The predicted molar refractivity (Wildman–Crippen MR) is 119 cm³/mol. The van der Waals surface area contributed by atoms with E-state index < -0.39 is 35.5 Å². The van der Waals surface area contributed by atoms with E-state index in [2.05, 4.69) is 10.6 Å². The Labute approximate surface area is 200 Å². The van der Waals surface area contributed by atoms with Gasteiger partial charge in [0.15, 0.2) is 0 Å². The van der Waals surface area contributed by atoms with Gasteiger partial charge >= 0.3 is 12.1 Å². The molecule has 3 heterocycles. The maximum absolute atomic E-state index is 14.7. The summed E-state index contributed by atoms with van der Waals surface area (Å²) >= 11 is 0. The first kappa shape index (κ1) is 23.3. The summed E-state index contributed by atoms with van der Waals surface area (Å²) in [5, 5.41) is 4.84. The minimum atomic E-state index is -1.05. The molecule has 1 atom stereocenters. The zero-order valence-corrected chi connectivity index (χ0v) is 19.3. The molecule has 1 saturated carbocycles. The van der Waals surface area contributed by atoms with E-state index in [0.717, 1.165) is 25.0 Å². The number of anilines is 1. The molecule has 0 aromatic heterocycles. The highest BCUT2D eigenvalue weighted by molar-refractivity contribution is 6.01. The Hall–Kier alpha value is -3.44. The lowest BCUT2D eigenvalue weighted by atomic mass is 9.89. The van der Waals surface area contributed by atoms with Gasteiger partial charge in [0.1, 0.15) is 17.7 Å². The SMILES string of the molecule is CN(C(=O)N1CC(OC(=O)NC2CN(c3cc(F)c(C4CCC(=O)NC4=O)c(F)c3)C2)C1)C1CC1. The van der Waals surface area contributed by atoms with Gasteiger partial charge in [-0.1, -0.05) is 0 Å². The smallest absolute Gasteiger partial charge is 0.407 e. The molecule has 10 nitrogen and oxygen atoms in total. The molecule has 35 heavy (non-hydrogen) atoms. The number of carbonyl (C=O) groups excluding carboxylic acids is 4. The number of ether oxygens (including phenoxy) is 1. The van der Waals surface area contributed by atoms with Gasteiger partial charge in [-0.05, 0) is 31.4 Å². The third-order valence-corrected chi connectivity index (χ3v) is 7.01. The molecule has 188 valence electrons. The van der Waals surface area contributed by atoms with Crippen LogP contribution in [0.15, 0.2) is 12.1 Å². The molecule has 1 unspecified atom stereocenters. The highest BCUT2D eigenvalue weighted by Gasteiger charge is 2.40. The van der Waals surface area contributed by atoms with Crippen LogP contribution in [0.3, 0.4) is 0 Å². The highest BCUT2D eigenvalue weighted by Crippen LogP contribution is 2.33. The van der Waals surface area contributed by atoms with Gasteiger partial charge in [0.25, 0.3) is 0 Å². The van der Waals surface area contributed by atoms with E-state index in [1.807, 2.05) is 0 Å². The van der Waals surface area contributed by atoms with Crippen molar-refractivity contribution in [2.24, 2.45) is 0 Å². The molecule has 5 rings (SSSR count). The van der Waals surface area contributed by atoms with Gasteiger partial charge in [-0.15, -0.1) is 0 Å². The van der Waals surface area contributed by atoms with Crippen LogP contribution in [0.5, 0.6) is 0 Å². The standard InChI is InChI=1S/C23H27F2N5O5/c1-28(13-2-3-13)23(34)30-10-15(11-30)35-22(33)26-12-8-29(9-12)14-6-17(24)20(18(25)7-14)16-4-5-19(31)27-21(16)32/h6-7,12-13,15-16H,2-5,8-11H2,1H3,(H,26,33)(H,27,31,32). The van der Waals surface area contributed by atoms with Crippen molar-refractivity contribution in [1.82, 2.24) is 20.4 Å². The van der Waals surface area contributed by atoms with E-state index in [-0.39, 0.29) is 36.6 Å². The minimum Gasteiger partial charge on any atom is -0.442 e. The van der Waals surface area contributed by atoms with Crippen molar-refractivity contribution in [3.05, 3.63) is 29.3 Å². The topological polar surface area (TPSA) is 111 Å². The van der Waals surface area contributed by atoms with Gasteiger partial charge in [0, 0.05) is 43.9 Å². The van der Waals surface area contributed by atoms with Crippen molar-refractivity contribution in [2.75, 3.05) is 38.1 Å². The molecule has 1 aliphatic carbocycles. The van der Waals surface area contributed by atoms with E-state index in [1.165, 1.54) is 0 Å². The predicted octanol–water partition coefficient (Wildman–Crippen LogP) is 1.30. The maximum atomic E-state index is 14.7. The van der Waals surface area contributed by atoms with Crippen LogP contribution in [0.4, 0.5) is 24.1 Å². The summed E-state index contributed by atoms with van der Waals surface area (Å²) in [5.41, 5.74) is -0.0377. The highest BCUT2D eigenvalue weighted by atomic mass is 19.1. The molecule has 0 bridgehead atoms. The van der Waals surface area contributed by atoms with E-state index in [9.17, 15) is 28.0 Å². The number of imide groups is 1. The number of piperidine rings is 1. The summed E-state index contributed by atoms with van der Waals surface area (Å²) < 4.78 is 34.8. The van der Waals surface area contributed by atoms with E-state index in [4.69, 9.17) is 4.74 Å². The first-order valence-corrected chi connectivity index (χ1v) is 11.8. The van der Waals surface area contributed by atoms with Gasteiger partial charge in [0.2, 0.25) is 11.8 Å². The maximum Gasteiger partial charge on any atom is 0.407 e. The average Bonchev–Trinajstić information content (AvgIpc) is 3.58. The van der Waals surface area contributed by atoms with E-state index in [0.29, 0.717) is 37.9 Å². The summed E-state index contributed by atoms with van der Waals surface area (Å²) in [5.74, 6) is -3.89. The van der Waals surface area contributed by atoms with Crippen molar-refractivity contribution in [3.8, 4) is 0 Å². The van der Waals surface area contributed by atoms with Crippen LogP contribution in [0.25, 0.3) is 0 Å². The number of hydrogen-bond acceptors (Lipinski definition) is 6. The minimum absolute atomic E-state index is 0.0271. The Kier molecular flexibility index (Phi) is 5.97. The molecule has 1 aromatic carbocycles. The summed E-state index contributed by atoms with van der Waals surface area (Å²) in [6.45, 7) is 1.40. The number of benzene rings is 1. The lowest BCUT2D eigenvalue weighted by Gasteiger charge is -2.43. The summed E-state index contributed by atoms with van der Waals surface area (Å²) in [6.07, 6.45) is 1.19. The van der Waals surface area contributed by atoms with Crippen LogP contribution in [-0.4, -0.2) is 85.2 Å². The molecule has 12 heteroatoms. The summed E-state index contributed by atoms with van der Waals surface area (Å²) in [7, 11) is 1.78. The van der Waals surface area contributed by atoms with Crippen molar-refractivity contribution >= 4 is 29.6 Å². The Morgan fingerprint density at radius 1 is 1.09 bits per heavy atom. The summed E-state index contributed by atoms with van der Waals surface area (Å²) in [4.78, 5) is 52.8. The zero-order valence-electron chi connectivity index (χ0n) is 19.3. The van der Waals surface area contributed by atoms with Gasteiger partial charge in [-0.2, -0.15) is 0 Å². The molecule has 5 amide bonds. The van der Waals surface area contributed by atoms with Crippen molar-refractivity contribution in [1.29, 1.82) is 0 Å². The lowest BCUT2D eigenvalue weighted by Crippen LogP contribution is -2.62. The molecule has 4 aliphatic rings. The average molecular weight is 491 g/mol. The van der Waals surface area contributed by atoms with Crippen LogP contribution < -0.4 is 15.5 Å². The van der Waals surface area contributed by atoms with Gasteiger partial charge in [-0.25, -0.2) is 18.4 Å². The molecule has 3 aliphatic heterocycles. The molecule has 0 spiro atoms. The lowest BCUT2D eigenvalue weighted by molar-refractivity contribution is -0.134. The van der Waals surface area contributed by atoms with E-state index in [1.54, 1.807) is 21.7 Å². The Bertz CT molecular complexity index is 1050. The van der Waals surface area contributed by atoms with Crippen molar-refractivity contribution in [2.45, 2.75) is 49.8 Å². The number of carbonyl (C=O) groups is 4. The normalized spacial score (nSPS) is 22.8. The second-order valence-corrected chi connectivity index (χ2v) is 9.63. The molecule has 1 aromatic rings. The second-order valence-electron chi connectivity index (χ2n) is 9.63. The largest absolute Gasteiger partial charge is 0.442 e. The van der Waals surface area contributed by atoms with Crippen LogP contribution in [0.1, 0.15) is 37.2 Å². The number of urea groups is 1.